The summed E-state index contributed by atoms with van der Waals surface area (Å²) in [4.78, 5) is 37.8. The fraction of sp³-hybridized carbons (Fsp3) is 0.0536. The molecule has 8 N–H and O–H groups in total. The molecule has 0 aliphatic heterocycles. The number of para-hydroxylation sites is 4. The molecule has 0 amide bonds. The lowest BCUT2D eigenvalue weighted by atomic mass is 10.2. The summed E-state index contributed by atoms with van der Waals surface area (Å²) in [7, 11) is 0. The Balaban J connectivity index is 0.000000115. The predicted octanol–water partition coefficient (Wildman–Crippen LogP) is 14.3. The lowest BCUT2D eigenvalue weighted by molar-refractivity contribution is 0.630. The molecule has 14 rings (SSSR count). The van der Waals surface area contributed by atoms with Crippen LogP contribution < -0.4 is 21.3 Å². The molecule has 5 aromatic carbocycles. The Kier molecular flexibility index (Phi) is 15.9. The molecule has 21 nitrogen and oxygen atoms in total. The zero-order valence-corrected chi connectivity index (χ0v) is 46.2. The second-order valence-corrected chi connectivity index (χ2v) is 19.2. The third-order valence-electron chi connectivity index (χ3n) is 12.3. The predicted molar refractivity (Wildman–Crippen MR) is 321 cm³/mol. The van der Waals surface area contributed by atoms with Gasteiger partial charge in [0.05, 0.1) is 39.0 Å². The minimum absolute atomic E-state index is 0.149. The third kappa shape index (κ3) is 12.5. The van der Waals surface area contributed by atoms with E-state index in [1.165, 1.54) is 12.1 Å². The summed E-state index contributed by atoms with van der Waals surface area (Å²) >= 11 is 23.8. The monoisotopic (exact) mass is 1170 g/mol. The highest BCUT2D eigenvalue weighted by molar-refractivity contribution is 6.29. The number of aromatic nitrogens is 17. The van der Waals surface area contributed by atoms with Crippen molar-refractivity contribution in [2.45, 2.75) is 20.8 Å². The Morgan fingerprint density at radius 1 is 0.378 bits per heavy atom. The van der Waals surface area contributed by atoms with Crippen LogP contribution in [0.25, 0.3) is 65.9 Å². The van der Waals surface area contributed by atoms with E-state index in [9.17, 15) is 4.39 Å². The van der Waals surface area contributed by atoms with Gasteiger partial charge in [0, 0.05) is 62.2 Å². The number of nitrogens with zero attached hydrogens (tertiary/aromatic N) is 13. The number of anilines is 8. The van der Waals surface area contributed by atoms with E-state index < -0.39 is 0 Å². The Labute approximate surface area is 484 Å². The summed E-state index contributed by atoms with van der Waals surface area (Å²) in [6, 6.07) is 44.8. The number of halogens is 5. The quantitative estimate of drug-likeness (QED) is 0.0624. The second-order valence-electron chi connectivity index (χ2n) is 17.8. The topological polar surface area (TPSA) is 279 Å². The SMILES string of the molecule is Cc1cc(Nc2nc(Cl)nc3ccccc23)n[nH]1.Cc1nc(Cl)nc(Nc2n[nH]c3ccc(F)cc23)c1C.Clc1nc(Nc2n[nH]c3ccccc23)c2ccccc2n1.Clc1nc(Nc2n[nH]c3ccccc23)cc(-c2ccccn2)n1. The van der Waals surface area contributed by atoms with E-state index in [0.29, 0.717) is 57.6 Å². The number of rotatable bonds is 9. The average Bonchev–Trinajstić information content (AvgIpc) is 4.42. The molecule has 406 valence electrons. The summed E-state index contributed by atoms with van der Waals surface area (Å²) < 4.78 is 13.3. The van der Waals surface area contributed by atoms with E-state index in [0.717, 1.165) is 71.8 Å². The maximum Gasteiger partial charge on any atom is 0.224 e. The molecular weight excluding hydrogens is 1130 g/mol. The minimum atomic E-state index is -0.324. The molecule has 0 spiro atoms. The largest absolute Gasteiger partial charge is 0.323 e. The third-order valence-corrected chi connectivity index (χ3v) is 13.0. The molecule has 0 aliphatic carbocycles. The van der Waals surface area contributed by atoms with Crippen molar-refractivity contribution in [1.82, 2.24) is 85.6 Å². The molecule has 0 unspecified atom stereocenters. The molecule has 9 heterocycles. The maximum atomic E-state index is 13.3. The van der Waals surface area contributed by atoms with Crippen molar-refractivity contribution in [1.29, 1.82) is 0 Å². The van der Waals surface area contributed by atoms with Crippen LogP contribution >= 0.6 is 46.4 Å². The molecule has 0 radical (unpaired) electrons. The second kappa shape index (κ2) is 24.2. The fourth-order valence-electron chi connectivity index (χ4n) is 8.28. The average molecular weight is 1170 g/mol. The first-order valence-electron chi connectivity index (χ1n) is 24.8. The van der Waals surface area contributed by atoms with Crippen LogP contribution in [-0.2, 0) is 0 Å². The van der Waals surface area contributed by atoms with Crippen molar-refractivity contribution in [3.05, 3.63) is 196 Å². The molecule has 0 bridgehead atoms. The van der Waals surface area contributed by atoms with Crippen LogP contribution in [0.3, 0.4) is 0 Å². The molecule has 0 fully saturated rings. The van der Waals surface area contributed by atoms with Crippen molar-refractivity contribution >= 4 is 147 Å². The molecule has 26 heteroatoms. The molecule has 9 aromatic heterocycles. The van der Waals surface area contributed by atoms with Crippen LogP contribution in [0, 0.1) is 26.6 Å². The first-order valence-corrected chi connectivity index (χ1v) is 26.3. The summed E-state index contributed by atoms with van der Waals surface area (Å²) in [5.41, 5.74) is 8.22. The van der Waals surface area contributed by atoms with E-state index in [1.54, 1.807) is 18.3 Å². The Morgan fingerprint density at radius 3 is 1.49 bits per heavy atom. The fourth-order valence-corrected chi connectivity index (χ4v) is 9.02. The van der Waals surface area contributed by atoms with Gasteiger partial charge in [0.15, 0.2) is 23.3 Å². The zero-order valence-electron chi connectivity index (χ0n) is 43.1. The van der Waals surface area contributed by atoms with Crippen LogP contribution in [0.2, 0.25) is 21.1 Å². The number of hydrogen-bond donors (Lipinski definition) is 8. The minimum Gasteiger partial charge on any atom is -0.323 e. The smallest absolute Gasteiger partial charge is 0.224 e. The summed E-state index contributed by atoms with van der Waals surface area (Å²) in [6.45, 7) is 5.66. The summed E-state index contributed by atoms with van der Waals surface area (Å²) in [5, 5.41) is 46.2. The number of aromatic amines is 4. The summed E-state index contributed by atoms with van der Waals surface area (Å²) in [5.74, 6) is 4.68. The number of H-pyrrole nitrogens is 4. The van der Waals surface area contributed by atoms with Crippen LogP contribution in [-0.4, -0.2) is 85.6 Å². The van der Waals surface area contributed by atoms with Gasteiger partial charge in [0.1, 0.15) is 29.1 Å². The normalized spacial score (nSPS) is 10.9. The highest BCUT2D eigenvalue weighted by atomic mass is 35.5. The highest BCUT2D eigenvalue weighted by Gasteiger charge is 2.15. The molecule has 14 aromatic rings. The number of benzene rings is 5. The van der Waals surface area contributed by atoms with Crippen LogP contribution in [0.4, 0.5) is 50.9 Å². The van der Waals surface area contributed by atoms with Crippen molar-refractivity contribution in [2.75, 3.05) is 21.3 Å². The van der Waals surface area contributed by atoms with Gasteiger partial charge in [-0.05, 0) is 146 Å². The van der Waals surface area contributed by atoms with Gasteiger partial charge in [-0.2, -0.15) is 30.4 Å². The van der Waals surface area contributed by atoms with Gasteiger partial charge in [-0.25, -0.2) is 34.3 Å². The number of hydrogen-bond acceptors (Lipinski definition) is 17. The van der Waals surface area contributed by atoms with E-state index in [1.807, 2.05) is 142 Å². The van der Waals surface area contributed by atoms with Crippen LogP contribution in [0.5, 0.6) is 0 Å². The van der Waals surface area contributed by atoms with Crippen LogP contribution in [0.15, 0.2) is 152 Å². The highest BCUT2D eigenvalue weighted by Crippen LogP contribution is 2.31. The standard InChI is InChI=1S/C16H11ClN6.C15H10ClN5.C13H11ClFN5.C12H10ClN5/c17-16-19-13(12-7-3-4-8-18-12)9-14(21-16)20-15-10-5-1-2-6-11(10)22-23-15;16-15-17-11-7-3-1-5-9(11)13(19-15)18-14-10-6-2-4-8-12(10)20-21-14;1-6-7(2)16-13(14)18-11(6)17-12-9-5-8(15)3-4-10(9)19-20-12;1-7-6-10(18-17-7)15-11-8-4-2-3-5-9(8)14-12(13)16-11/h1-9H,(H2,19,20,21,22,23);1-8H,(H2,17,18,19,20,21);3-5H,1-2H3,(H2,16,17,18,19,20);2-6H,1H3,(H2,14,15,16,17,18). The van der Waals surface area contributed by atoms with E-state index >= 15 is 0 Å². The molecular formula is C56H42Cl4FN21. The molecule has 0 saturated carbocycles. The Bertz CT molecular complexity index is 4570. The van der Waals surface area contributed by atoms with Gasteiger partial charge in [-0.3, -0.25) is 25.4 Å². The van der Waals surface area contributed by atoms with Crippen LogP contribution in [0.1, 0.15) is 17.0 Å². The van der Waals surface area contributed by atoms with Gasteiger partial charge in [-0.1, -0.05) is 54.6 Å². The van der Waals surface area contributed by atoms with E-state index in [-0.39, 0.29) is 27.0 Å². The van der Waals surface area contributed by atoms with Gasteiger partial charge in [-0.15, -0.1) is 0 Å². The lowest BCUT2D eigenvalue weighted by Crippen LogP contribution is -2.01. The van der Waals surface area contributed by atoms with Gasteiger partial charge in [0.25, 0.3) is 0 Å². The van der Waals surface area contributed by atoms with Gasteiger partial charge < -0.3 is 21.3 Å². The Morgan fingerprint density at radius 2 is 0.878 bits per heavy atom. The van der Waals surface area contributed by atoms with Crippen molar-refractivity contribution < 1.29 is 4.39 Å². The molecule has 0 aliphatic rings. The van der Waals surface area contributed by atoms with E-state index in [2.05, 4.69) is 107 Å². The Hall–Kier alpha value is -10.0. The van der Waals surface area contributed by atoms with Gasteiger partial charge >= 0.3 is 0 Å². The maximum absolute atomic E-state index is 13.3. The number of pyridine rings is 1. The first-order chi connectivity index (χ1) is 39.9. The number of aryl methyl sites for hydroxylation is 2. The summed E-state index contributed by atoms with van der Waals surface area (Å²) in [6.07, 6.45) is 1.71. The number of fused-ring (bicyclic) bond motifs is 5. The zero-order chi connectivity index (χ0) is 56.7. The molecule has 82 heavy (non-hydrogen) atoms. The number of nitrogens with one attached hydrogen (secondary N) is 8. The van der Waals surface area contributed by atoms with Gasteiger partial charge in [0.2, 0.25) is 21.1 Å². The van der Waals surface area contributed by atoms with E-state index in [4.69, 9.17) is 46.4 Å². The van der Waals surface area contributed by atoms with Crippen molar-refractivity contribution in [3.63, 3.8) is 0 Å². The molecule has 0 atom stereocenters. The lowest BCUT2D eigenvalue weighted by Gasteiger charge is -2.08. The molecule has 0 saturated heterocycles. The van der Waals surface area contributed by atoms with Crippen molar-refractivity contribution in [2.24, 2.45) is 0 Å². The van der Waals surface area contributed by atoms with Crippen molar-refractivity contribution in [3.8, 4) is 11.4 Å². The first kappa shape index (κ1) is 54.0.